The summed E-state index contributed by atoms with van der Waals surface area (Å²) in [7, 11) is 0. The van der Waals surface area contributed by atoms with Crippen molar-refractivity contribution in [3.8, 4) is 0 Å². The Labute approximate surface area is 268 Å². The van der Waals surface area contributed by atoms with Crippen molar-refractivity contribution < 1.29 is 73.0 Å². The van der Waals surface area contributed by atoms with Crippen LogP contribution in [0.3, 0.4) is 0 Å². The number of rotatable bonds is 14. The van der Waals surface area contributed by atoms with E-state index in [9.17, 15) is 58.8 Å². The lowest BCUT2D eigenvalue weighted by atomic mass is 9.72. The maximum atomic E-state index is 13.1. The highest BCUT2D eigenvalue weighted by molar-refractivity contribution is 6.04. The molecule has 0 saturated carbocycles. The number of ether oxygens (including phenoxy) is 3. The van der Waals surface area contributed by atoms with Gasteiger partial charge in [0.1, 0.15) is 34.9 Å². The second-order valence-corrected chi connectivity index (χ2v) is 10.9. The lowest BCUT2D eigenvalue weighted by Gasteiger charge is -2.35. The number of carbonyl (C=O) groups excluding carboxylic acids is 4. The minimum absolute atomic E-state index is 0.0589. The van der Waals surface area contributed by atoms with Gasteiger partial charge in [-0.3, -0.25) is 19.2 Å². The molecule has 0 fully saturated rings. The van der Waals surface area contributed by atoms with Gasteiger partial charge in [0.05, 0.1) is 11.1 Å². The molecule has 0 aromatic heterocycles. The quantitative estimate of drug-likeness (QED) is 0.0688. The molecule has 0 heterocycles. The molecule has 2 aliphatic rings. The second kappa shape index (κ2) is 14.7. The zero-order chi connectivity index (χ0) is 36.0. The largest absolute Gasteiger partial charge is 0.480 e. The molecule has 2 aliphatic carbocycles. The van der Waals surface area contributed by atoms with Gasteiger partial charge < -0.3 is 34.6 Å². The summed E-state index contributed by atoms with van der Waals surface area (Å²) in [5.41, 5.74) is -6.30. The number of hydrogen-bond donors (Lipinski definition) is 4. The van der Waals surface area contributed by atoms with Gasteiger partial charge in [0.25, 0.3) is 0 Å². The van der Waals surface area contributed by atoms with Crippen molar-refractivity contribution >= 4 is 47.8 Å². The van der Waals surface area contributed by atoms with Crippen LogP contribution in [0.1, 0.15) is 40.5 Å². The Hall–Kier alpha value is -5.60. The van der Waals surface area contributed by atoms with E-state index in [1.807, 2.05) is 0 Å². The van der Waals surface area contributed by atoms with Crippen molar-refractivity contribution in [2.75, 3.05) is 0 Å². The summed E-state index contributed by atoms with van der Waals surface area (Å²) >= 11 is 0. The number of carboxylic acids is 4. The van der Waals surface area contributed by atoms with Crippen molar-refractivity contribution in [2.24, 2.45) is 22.7 Å². The van der Waals surface area contributed by atoms with Crippen LogP contribution in [0.5, 0.6) is 0 Å². The molecule has 0 saturated heterocycles. The zero-order valence-corrected chi connectivity index (χ0v) is 25.9. The monoisotopic (exact) mass is 658 g/mol. The lowest BCUT2D eigenvalue weighted by Crippen LogP contribution is -2.45. The van der Waals surface area contributed by atoms with Gasteiger partial charge >= 0.3 is 47.8 Å². The van der Waals surface area contributed by atoms with Crippen molar-refractivity contribution in [3.05, 3.63) is 71.9 Å². The molecule has 0 bridgehead atoms. The molecular weight excluding hydrogens is 624 g/mol. The Morgan fingerprint density at radius 1 is 0.681 bits per heavy atom. The summed E-state index contributed by atoms with van der Waals surface area (Å²) in [6, 6.07) is 0. The third-order valence-corrected chi connectivity index (χ3v) is 7.53. The Kier molecular flexibility index (Phi) is 11.7. The van der Waals surface area contributed by atoms with Crippen LogP contribution in [0, 0.1) is 22.7 Å². The minimum Gasteiger partial charge on any atom is -0.480 e. The molecule has 0 radical (unpaired) electrons. The molecule has 2 rings (SSSR count). The smallest absolute Gasteiger partial charge is 0.333 e. The van der Waals surface area contributed by atoms with Gasteiger partial charge in [-0.1, -0.05) is 51.3 Å². The summed E-state index contributed by atoms with van der Waals surface area (Å²) in [5.74, 6) is -15.5. The van der Waals surface area contributed by atoms with Crippen LogP contribution in [-0.2, 0) is 52.6 Å². The van der Waals surface area contributed by atoms with Gasteiger partial charge in [-0.25, -0.2) is 19.2 Å². The molecule has 6 unspecified atom stereocenters. The summed E-state index contributed by atoms with van der Waals surface area (Å²) < 4.78 is 15.3. The number of hydrogen-bond acceptors (Lipinski definition) is 11. The molecule has 0 aliphatic heterocycles. The van der Waals surface area contributed by atoms with E-state index in [0.717, 1.165) is 24.3 Å². The summed E-state index contributed by atoms with van der Waals surface area (Å²) in [6.07, 6.45) is 1.80. The van der Waals surface area contributed by atoms with Crippen LogP contribution in [0.15, 0.2) is 71.9 Å². The number of carbonyl (C=O) groups is 8. The fourth-order valence-corrected chi connectivity index (χ4v) is 4.97. The van der Waals surface area contributed by atoms with E-state index in [2.05, 4.69) is 13.2 Å². The number of esters is 4. The summed E-state index contributed by atoms with van der Waals surface area (Å²) in [5, 5.41) is 39.9. The molecule has 252 valence electrons. The van der Waals surface area contributed by atoms with Crippen molar-refractivity contribution in [1.82, 2.24) is 0 Å². The third kappa shape index (κ3) is 7.62. The molecule has 0 spiro atoms. The van der Waals surface area contributed by atoms with Gasteiger partial charge in [0, 0.05) is 11.1 Å². The maximum absolute atomic E-state index is 13.1. The van der Waals surface area contributed by atoms with Crippen LogP contribution in [0.25, 0.3) is 0 Å². The fraction of sp³-hybridized carbons (Fsp3) is 0.375. The maximum Gasteiger partial charge on any atom is 0.333 e. The SMILES string of the molecule is C=C(C)C(=O)OC(CC)C1(C(=O)O)C=CC(C(=O)OC(=O)C2C=CC(C(=O)O)(C(CC)OC(=O)C(=C)C)C=C2C(=O)O)C(C(=O)O)=C1. The normalized spacial score (nSPS) is 24.3. The standard InChI is InChI=1S/C32H34O15/c1-7-21(45-25(37)15(3)4)31(29(41)42)11-9-17(19(13-31)23(33)34)27(39)47-28(40)18-10-12-32(30(43)44,14-20(18)24(35)36)22(8-2)46-26(38)16(5)6/h9-14,17-18,21-22H,3,5,7-8H2,1-2,4,6H3,(H,33,34)(H,35,36)(H,41,42)(H,43,44). The zero-order valence-electron chi connectivity index (χ0n) is 25.9. The Balaban J connectivity index is 2.48. The van der Waals surface area contributed by atoms with Crippen LogP contribution in [0.4, 0.5) is 0 Å². The van der Waals surface area contributed by atoms with Gasteiger partial charge in [-0.05, 0) is 38.8 Å². The van der Waals surface area contributed by atoms with E-state index >= 15 is 0 Å². The first kappa shape index (κ1) is 37.6. The highest BCUT2D eigenvalue weighted by Gasteiger charge is 2.51. The van der Waals surface area contributed by atoms with E-state index in [4.69, 9.17) is 14.2 Å². The molecule has 47 heavy (non-hydrogen) atoms. The van der Waals surface area contributed by atoms with Gasteiger partial charge in [0.2, 0.25) is 0 Å². The highest BCUT2D eigenvalue weighted by atomic mass is 16.6. The van der Waals surface area contributed by atoms with Crippen LogP contribution in [-0.4, -0.2) is 80.4 Å². The summed E-state index contributed by atoms with van der Waals surface area (Å²) in [6.45, 7) is 12.4. The summed E-state index contributed by atoms with van der Waals surface area (Å²) in [4.78, 5) is 99.7. The number of carboxylic acid groups (broad SMARTS) is 4. The fourth-order valence-electron chi connectivity index (χ4n) is 4.97. The lowest BCUT2D eigenvalue weighted by molar-refractivity contribution is -0.165. The van der Waals surface area contributed by atoms with Crippen molar-refractivity contribution in [2.45, 2.75) is 52.7 Å². The molecule has 0 amide bonds. The van der Waals surface area contributed by atoms with Gasteiger partial charge in [-0.15, -0.1) is 0 Å². The van der Waals surface area contributed by atoms with Crippen LogP contribution < -0.4 is 0 Å². The number of aliphatic carboxylic acids is 4. The van der Waals surface area contributed by atoms with Gasteiger partial charge in [-0.2, -0.15) is 0 Å². The first-order chi connectivity index (χ1) is 21.8. The third-order valence-electron chi connectivity index (χ3n) is 7.53. The molecule has 6 atom stereocenters. The first-order valence-corrected chi connectivity index (χ1v) is 14.1. The predicted octanol–water partition coefficient (Wildman–Crippen LogP) is 2.39. The Morgan fingerprint density at radius 3 is 1.23 bits per heavy atom. The Bertz CT molecular complexity index is 1440. The van der Waals surface area contributed by atoms with E-state index in [0.29, 0.717) is 12.2 Å². The molecule has 15 heteroatoms. The van der Waals surface area contributed by atoms with Crippen molar-refractivity contribution in [1.29, 1.82) is 0 Å². The second-order valence-electron chi connectivity index (χ2n) is 10.9. The molecular formula is C32H34O15. The van der Waals surface area contributed by atoms with E-state index in [1.54, 1.807) is 0 Å². The van der Waals surface area contributed by atoms with Crippen LogP contribution >= 0.6 is 0 Å². The highest BCUT2D eigenvalue weighted by Crippen LogP contribution is 2.41. The average Bonchev–Trinajstić information content (AvgIpc) is 3.00. The topological polar surface area (TPSA) is 245 Å². The average molecular weight is 659 g/mol. The van der Waals surface area contributed by atoms with Gasteiger partial charge in [0.15, 0.2) is 0 Å². The Morgan fingerprint density at radius 2 is 1.00 bits per heavy atom. The van der Waals surface area contributed by atoms with Crippen LogP contribution in [0.2, 0.25) is 0 Å². The molecule has 0 aromatic rings. The molecule has 4 N–H and O–H groups in total. The van der Waals surface area contributed by atoms with Crippen molar-refractivity contribution in [3.63, 3.8) is 0 Å². The predicted molar refractivity (Wildman–Crippen MR) is 158 cm³/mol. The minimum atomic E-state index is -2.25. The van der Waals surface area contributed by atoms with E-state index < -0.39 is 93.8 Å². The van der Waals surface area contributed by atoms with E-state index in [1.165, 1.54) is 27.7 Å². The first-order valence-electron chi connectivity index (χ1n) is 14.1. The molecule has 0 aromatic carbocycles. The van der Waals surface area contributed by atoms with E-state index in [-0.39, 0.29) is 24.0 Å². The molecule has 15 nitrogen and oxygen atoms in total.